The smallest absolute Gasteiger partial charge is 0.266 e. The summed E-state index contributed by atoms with van der Waals surface area (Å²) in [4.78, 5) is 18.2. The van der Waals surface area contributed by atoms with Crippen LogP contribution in [0, 0.1) is 0 Å². The van der Waals surface area contributed by atoms with Gasteiger partial charge in [-0.1, -0.05) is 29.9 Å². The number of sulfonamides is 1. The summed E-state index contributed by atoms with van der Waals surface area (Å²) >= 11 is 2.51. The molecule has 8 nitrogen and oxygen atoms in total. The van der Waals surface area contributed by atoms with Crippen molar-refractivity contribution in [1.29, 1.82) is 0 Å². The quantitative estimate of drug-likeness (QED) is 0.511. The summed E-state index contributed by atoms with van der Waals surface area (Å²) < 4.78 is 41.6. The summed E-state index contributed by atoms with van der Waals surface area (Å²) in [7, 11) is -3.74. The van der Waals surface area contributed by atoms with Crippen molar-refractivity contribution in [2.45, 2.75) is 36.1 Å². The lowest BCUT2D eigenvalue weighted by Gasteiger charge is -2.31. The van der Waals surface area contributed by atoms with E-state index in [1.165, 1.54) is 15.6 Å². The van der Waals surface area contributed by atoms with Crippen molar-refractivity contribution >= 4 is 48.8 Å². The van der Waals surface area contributed by atoms with Crippen LogP contribution in [0.15, 0.2) is 51.5 Å². The van der Waals surface area contributed by atoms with Crippen molar-refractivity contribution in [2.75, 3.05) is 13.3 Å². The van der Waals surface area contributed by atoms with Crippen molar-refractivity contribution in [2.24, 2.45) is 4.99 Å². The fraction of sp³-hybridized carbons (Fsp3) is 0.333. The van der Waals surface area contributed by atoms with Gasteiger partial charge in [0, 0.05) is 25.2 Å². The van der Waals surface area contributed by atoms with E-state index in [1.807, 2.05) is 16.7 Å². The molecule has 5 rings (SSSR count). The molecule has 0 bridgehead atoms. The Morgan fingerprint density at radius 2 is 2.09 bits per heavy atom. The predicted molar refractivity (Wildman–Crippen MR) is 123 cm³/mol. The monoisotopic (exact) mass is 491 g/mol. The Morgan fingerprint density at radius 3 is 2.84 bits per heavy atom. The maximum absolute atomic E-state index is 13.3. The maximum atomic E-state index is 13.3. The van der Waals surface area contributed by atoms with Gasteiger partial charge in [0.1, 0.15) is 10.3 Å². The molecule has 1 saturated heterocycles. The molecule has 2 aliphatic rings. The average molecular weight is 492 g/mol. The van der Waals surface area contributed by atoms with Crippen molar-refractivity contribution in [3.63, 3.8) is 0 Å². The average Bonchev–Trinajstić information content (AvgIpc) is 3.53. The molecule has 2 aliphatic heterocycles. The number of ether oxygens (including phenoxy) is 2. The van der Waals surface area contributed by atoms with Crippen LogP contribution in [0.5, 0.6) is 11.5 Å². The van der Waals surface area contributed by atoms with Crippen LogP contribution in [-0.4, -0.2) is 42.6 Å². The summed E-state index contributed by atoms with van der Waals surface area (Å²) in [6, 6.07) is 6.20. The van der Waals surface area contributed by atoms with Gasteiger partial charge in [-0.15, -0.1) is 17.9 Å². The van der Waals surface area contributed by atoms with Crippen molar-refractivity contribution in [3.05, 3.63) is 47.1 Å². The van der Waals surface area contributed by atoms with Gasteiger partial charge in [0.2, 0.25) is 6.79 Å². The van der Waals surface area contributed by atoms with Gasteiger partial charge in [0.25, 0.3) is 15.9 Å². The Labute approximate surface area is 193 Å². The van der Waals surface area contributed by atoms with E-state index >= 15 is 0 Å². The number of thiazole rings is 1. The molecule has 11 heteroatoms. The second kappa shape index (κ2) is 8.47. The van der Waals surface area contributed by atoms with Crippen LogP contribution in [0.2, 0.25) is 0 Å². The second-order valence-corrected chi connectivity index (χ2v) is 11.5. The van der Waals surface area contributed by atoms with Crippen molar-refractivity contribution < 1.29 is 22.7 Å². The minimum atomic E-state index is -3.74. The van der Waals surface area contributed by atoms with Crippen LogP contribution in [0.25, 0.3) is 10.2 Å². The lowest BCUT2D eigenvalue weighted by molar-refractivity contribution is -0.122. The van der Waals surface area contributed by atoms with E-state index in [9.17, 15) is 13.2 Å². The number of aromatic nitrogens is 1. The zero-order valence-corrected chi connectivity index (χ0v) is 19.5. The van der Waals surface area contributed by atoms with Crippen LogP contribution in [-0.2, 0) is 21.4 Å². The summed E-state index contributed by atoms with van der Waals surface area (Å²) in [5.74, 6) is 0.851. The maximum Gasteiger partial charge on any atom is 0.266 e. The summed E-state index contributed by atoms with van der Waals surface area (Å²) in [5.41, 5.74) is 0.859. The Hall–Kier alpha value is -2.47. The normalized spacial score (nSPS) is 19.5. The largest absolute Gasteiger partial charge is 0.454 e. The van der Waals surface area contributed by atoms with Gasteiger partial charge in [-0.3, -0.25) is 4.79 Å². The summed E-state index contributed by atoms with van der Waals surface area (Å²) in [5, 5.41) is 1.72. The number of hydrogen-bond donors (Lipinski definition) is 0. The van der Waals surface area contributed by atoms with Crippen LogP contribution >= 0.6 is 22.7 Å². The highest BCUT2D eigenvalue weighted by Crippen LogP contribution is 2.37. The van der Waals surface area contributed by atoms with Crippen LogP contribution in [0.4, 0.5) is 0 Å². The van der Waals surface area contributed by atoms with E-state index in [0.29, 0.717) is 35.8 Å². The molecule has 4 heterocycles. The van der Waals surface area contributed by atoms with E-state index in [2.05, 4.69) is 11.6 Å². The fourth-order valence-electron chi connectivity index (χ4n) is 3.98. The first-order valence-electron chi connectivity index (χ1n) is 10.2. The molecule has 1 amide bonds. The van der Waals surface area contributed by atoms with Gasteiger partial charge in [0.05, 0.1) is 10.2 Å². The number of amides is 1. The molecule has 1 aromatic carbocycles. The molecular formula is C21H21N3O5S3. The number of nitrogens with zero attached hydrogens (tertiary/aromatic N) is 3. The van der Waals surface area contributed by atoms with Gasteiger partial charge < -0.3 is 14.0 Å². The zero-order valence-electron chi connectivity index (χ0n) is 17.1. The number of rotatable bonds is 5. The molecule has 1 fully saturated rings. The third-order valence-electron chi connectivity index (χ3n) is 5.49. The molecule has 32 heavy (non-hydrogen) atoms. The van der Waals surface area contributed by atoms with E-state index in [1.54, 1.807) is 23.6 Å². The Balaban J connectivity index is 1.56. The number of carbonyl (C=O) groups is 1. The SMILES string of the molecule is C=CCn1c(=NC(=O)C2CCCCN2S(=O)(=O)c2cccs2)sc2cc3c(cc21)OCO3. The topological polar surface area (TPSA) is 90.2 Å². The Kier molecular flexibility index (Phi) is 5.66. The van der Waals surface area contributed by atoms with Crippen molar-refractivity contribution in [1.82, 2.24) is 8.87 Å². The first-order valence-corrected chi connectivity index (χ1v) is 13.3. The highest BCUT2D eigenvalue weighted by atomic mass is 32.2. The number of fused-ring (bicyclic) bond motifs is 2. The first-order chi connectivity index (χ1) is 15.5. The number of piperidine rings is 1. The Bertz CT molecular complexity index is 1360. The molecule has 2 aromatic heterocycles. The van der Waals surface area contributed by atoms with Crippen LogP contribution in [0.3, 0.4) is 0 Å². The van der Waals surface area contributed by atoms with Gasteiger partial charge >= 0.3 is 0 Å². The summed E-state index contributed by atoms with van der Waals surface area (Å²) in [6.45, 7) is 4.76. The highest BCUT2D eigenvalue weighted by Gasteiger charge is 2.38. The number of allylic oxidation sites excluding steroid dienone is 1. The zero-order chi connectivity index (χ0) is 22.3. The first kappa shape index (κ1) is 21.4. The molecule has 1 atom stereocenters. The third-order valence-corrected chi connectivity index (χ3v) is 9.81. The lowest BCUT2D eigenvalue weighted by atomic mass is 10.0. The Morgan fingerprint density at radius 1 is 1.28 bits per heavy atom. The van der Waals surface area contributed by atoms with Crippen LogP contribution in [0.1, 0.15) is 19.3 Å². The number of benzene rings is 1. The summed E-state index contributed by atoms with van der Waals surface area (Å²) in [6.07, 6.45) is 3.69. The van der Waals surface area contributed by atoms with Gasteiger partial charge in [-0.2, -0.15) is 9.30 Å². The fourth-order valence-corrected chi connectivity index (χ4v) is 7.81. The van der Waals surface area contributed by atoms with E-state index in [-0.39, 0.29) is 11.0 Å². The van der Waals surface area contributed by atoms with Gasteiger partial charge in [-0.05, 0) is 24.3 Å². The molecule has 0 radical (unpaired) electrons. The predicted octanol–water partition coefficient (Wildman–Crippen LogP) is 3.35. The van der Waals surface area contributed by atoms with Gasteiger partial charge in [0.15, 0.2) is 16.3 Å². The number of hydrogen-bond acceptors (Lipinski definition) is 7. The van der Waals surface area contributed by atoms with Gasteiger partial charge in [-0.25, -0.2) is 8.42 Å². The van der Waals surface area contributed by atoms with Crippen LogP contribution < -0.4 is 14.3 Å². The molecular weight excluding hydrogens is 470 g/mol. The molecule has 0 N–H and O–H groups in total. The molecule has 0 saturated carbocycles. The van der Waals surface area contributed by atoms with E-state index < -0.39 is 22.0 Å². The second-order valence-electron chi connectivity index (χ2n) is 7.47. The van der Waals surface area contributed by atoms with E-state index in [0.717, 1.165) is 34.4 Å². The number of thiophene rings is 1. The minimum absolute atomic E-state index is 0.181. The molecule has 3 aromatic rings. The standard InChI is InChI=1S/C21H21N3O5S3/c1-2-8-23-15-11-16-17(29-13-28-16)12-18(15)31-21(23)22-20(25)14-6-3-4-9-24(14)32(26,27)19-7-5-10-30-19/h2,5,7,10-12,14H,1,3-4,6,8-9,13H2. The highest BCUT2D eigenvalue weighted by molar-refractivity contribution is 7.91. The third kappa shape index (κ3) is 3.68. The minimum Gasteiger partial charge on any atom is -0.454 e. The molecule has 168 valence electrons. The number of carbonyl (C=O) groups excluding carboxylic acids is 1. The molecule has 1 unspecified atom stereocenters. The molecule has 0 aliphatic carbocycles. The molecule has 0 spiro atoms. The lowest BCUT2D eigenvalue weighted by Crippen LogP contribution is -2.47. The van der Waals surface area contributed by atoms with E-state index in [4.69, 9.17) is 9.47 Å². The van der Waals surface area contributed by atoms with Crippen molar-refractivity contribution in [3.8, 4) is 11.5 Å².